The molecule has 1 aromatic rings. The molecule has 0 saturated heterocycles. The number of hydrogen-bond donors (Lipinski definition) is 0. The molecule has 2 nitrogen and oxygen atoms in total. The largest absolute Gasteiger partial charge is 0.371 e. The Morgan fingerprint density at radius 3 is 2.33 bits per heavy atom. The second-order valence-corrected chi connectivity index (χ2v) is 6.15. The average molecular weight is 265 g/mol. The molecule has 98 valence electrons. The molecule has 0 radical (unpaired) electrons. The van der Waals surface area contributed by atoms with Crippen molar-refractivity contribution in [3.63, 3.8) is 0 Å². The van der Waals surface area contributed by atoms with Gasteiger partial charge in [0.25, 0.3) is 0 Å². The first-order valence-electron chi connectivity index (χ1n) is 7.02. The lowest BCUT2D eigenvalue weighted by Crippen LogP contribution is -2.29. The van der Waals surface area contributed by atoms with E-state index in [9.17, 15) is 0 Å². The van der Waals surface area contributed by atoms with Crippen LogP contribution in [0.1, 0.15) is 36.9 Å². The van der Waals surface area contributed by atoms with Crippen LogP contribution in [0.5, 0.6) is 0 Å². The highest BCUT2D eigenvalue weighted by molar-refractivity contribution is 6.17. The Bertz CT molecular complexity index is 411. The third kappa shape index (κ3) is 2.97. The number of aromatic nitrogens is 1. The second-order valence-electron chi connectivity index (χ2n) is 5.88. The zero-order chi connectivity index (χ0) is 12.5. The lowest BCUT2D eigenvalue weighted by molar-refractivity contribution is 0.676. The standard InChI is InChI=1S/C15H21ClN2/c1-11-6-15(14(7-16)8-17-11)18(9-12-2-3-12)10-13-4-5-13/h6,8,12-13H,2-5,7,9-10H2,1H3. The fourth-order valence-electron chi connectivity index (χ4n) is 2.47. The number of nitrogens with zero attached hydrogens (tertiary/aromatic N) is 2. The van der Waals surface area contributed by atoms with Crippen molar-refractivity contribution in [2.45, 2.75) is 38.5 Å². The Balaban J connectivity index is 1.83. The van der Waals surface area contributed by atoms with Crippen LogP contribution in [0.3, 0.4) is 0 Å². The molecular formula is C15H21ClN2. The summed E-state index contributed by atoms with van der Waals surface area (Å²) in [5.74, 6) is 2.40. The van der Waals surface area contributed by atoms with Gasteiger partial charge < -0.3 is 4.90 Å². The number of aryl methyl sites for hydroxylation is 1. The van der Waals surface area contributed by atoms with Crippen molar-refractivity contribution < 1.29 is 0 Å². The van der Waals surface area contributed by atoms with Crippen LogP contribution in [-0.2, 0) is 5.88 Å². The minimum absolute atomic E-state index is 0.564. The van der Waals surface area contributed by atoms with E-state index >= 15 is 0 Å². The molecule has 1 aromatic heterocycles. The van der Waals surface area contributed by atoms with E-state index in [1.165, 1.54) is 50.0 Å². The lowest BCUT2D eigenvalue weighted by Gasteiger charge is -2.27. The minimum Gasteiger partial charge on any atom is -0.371 e. The molecule has 2 aliphatic rings. The number of rotatable bonds is 6. The van der Waals surface area contributed by atoms with Crippen LogP contribution in [0, 0.1) is 18.8 Å². The van der Waals surface area contributed by atoms with E-state index < -0.39 is 0 Å². The van der Waals surface area contributed by atoms with Gasteiger partial charge in [0, 0.05) is 36.2 Å². The quantitative estimate of drug-likeness (QED) is 0.728. The summed E-state index contributed by atoms with van der Waals surface area (Å²) >= 11 is 6.07. The van der Waals surface area contributed by atoms with Crippen LogP contribution in [0.2, 0.25) is 0 Å². The highest BCUT2D eigenvalue weighted by Gasteiger charge is 2.30. The summed E-state index contributed by atoms with van der Waals surface area (Å²) in [4.78, 5) is 6.94. The lowest BCUT2D eigenvalue weighted by atomic mass is 10.1. The Labute approximate surface area is 114 Å². The first kappa shape index (κ1) is 12.3. The Hall–Kier alpha value is -0.760. The third-order valence-corrected chi connectivity index (χ3v) is 4.22. The smallest absolute Gasteiger partial charge is 0.0509 e. The predicted octanol–water partition coefficient (Wildman–Crippen LogP) is 3.76. The summed E-state index contributed by atoms with van der Waals surface area (Å²) in [7, 11) is 0. The molecule has 18 heavy (non-hydrogen) atoms. The van der Waals surface area contributed by atoms with Gasteiger partial charge in [-0.2, -0.15) is 0 Å². The van der Waals surface area contributed by atoms with Gasteiger partial charge in [0.2, 0.25) is 0 Å². The van der Waals surface area contributed by atoms with Crippen molar-refractivity contribution >= 4 is 17.3 Å². The highest BCUT2D eigenvalue weighted by atomic mass is 35.5. The molecular weight excluding hydrogens is 244 g/mol. The molecule has 0 unspecified atom stereocenters. The molecule has 2 fully saturated rings. The fourth-order valence-corrected chi connectivity index (χ4v) is 2.67. The van der Waals surface area contributed by atoms with E-state index in [-0.39, 0.29) is 0 Å². The van der Waals surface area contributed by atoms with Gasteiger partial charge in [-0.1, -0.05) is 0 Å². The number of pyridine rings is 1. The molecule has 0 spiro atoms. The molecule has 0 bridgehead atoms. The highest BCUT2D eigenvalue weighted by Crippen LogP contribution is 2.36. The third-order valence-electron chi connectivity index (χ3n) is 3.93. The Morgan fingerprint density at radius 2 is 1.83 bits per heavy atom. The van der Waals surface area contributed by atoms with Crippen molar-refractivity contribution in [2.75, 3.05) is 18.0 Å². The first-order valence-corrected chi connectivity index (χ1v) is 7.56. The Morgan fingerprint density at radius 1 is 1.22 bits per heavy atom. The van der Waals surface area contributed by atoms with Gasteiger partial charge in [-0.3, -0.25) is 4.98 Å². The summed E-state index contributed by atoms with van der Waals surface area (Å²) in [5, 5.41) is 0. The van der Waals surface area contributed by atoms with Crippen LogP contribution in [0.4, 0.5) is 5.69 Å². The summed E-state index contributed by atoms with van der Waals surface area (Å²) in [6.45, 7) is 4.49. The van der Waals surface area contributed by atoms with Gasteiger partial charge in [0.1, 0.15) is 0 Å². The number of hydrogen-bond acceptors (Lipinski definition) is 2. The van der Waals surface area contributed by atoms with Gasteiger partial charge in [-0.05, 0) is 50.5 Å². The van der Waals surface area contributed by atoms with E-state index in [1.807, 2.05) is 6.20 Å². The molecule has 2 saturated carbocycles. The molecule has 0 atom stereocenters. The van der Waals surface area contributed by atoms with E-state index in [2.05, 4.69) is 22.9 Å². The molecule has 2 aliphatic carbocycles. The van der Waals surface area contributed by atoms with Crippen LogP contribution in [-0.4, -0.2) is 18.1 Å². The fraction of sp³-hybridized carbons (Fsp3) is 0.667. The average Bonchev–Trinajstić information content (AvgIpc) is 3.23. The van der Waals surface area contributed by atoms with Gasteiger partial charge in [-0.25, -0.2) is 0 Å². The first-order chi connectivity index (χ1) is 8.76. The van der Waals surface area contributed by atoms with Gasteiger partial charge in [0.15, 0.2) is 0 Å². The SMILES string of the molecule is Cc1cc(N(CC2CC2)CC2CC2)c(CCl)cn1. The summed E-state index contributed by atoms with van der Waals surface area (Å²) in [6, 6.07) is 2.21. The normalized spacial score (nSPS) is 19.0. The monoisotopic (exact) mass is 264 g/mol. The van der Waals surface area contributed by atoms with Crippen molar-refractivity contribution in [2.24, 2.45) is 11.8 Å². The van der Waals surface area contributed by atoms with Gasteiger partial charge in [0.05, 0.1) is 5.88 Å². The topological polar surface area (TPSA) is 16.1 Å². The summed E-state index contributed by atoms with van der Waals surface area (Å²) < 4.78 is 0. The van der Waals surface area contributed by atoms with Crippen molar-refractivity contribution in [3.8, 4) is 0 Å². The molecule has 1 heterocycles. The van der Waals surface area contributed by atoms with E-state index in [1.54, 1.807) is 0 Å². The number of anilines is 1. The van der Waals surface area contributed by atoms with Crippen molar-refractivity contribution in [3.05, 3.63) is 23.5 Å². The minimum atomic E-state index is 0.564. The maximum atomic E-state index is 6.07. The second kappa shape index (κ2) is 5.08. The Kier molecular flexibility index (Phi) is 3.47. The van der Waals surface area contributed by atoms with E-state index in [4.69, 9.17) is 11.6 Å². The molecule has 0 aliphatic heterocycles. The molecule has 0 aromatic carbocycles. The zero-order valence-electron chi connectivity index (χ0n) is 11.0. The molecule has 0 N–H and O–H groups in total. The van der Waals surface area contributed by atoms with Crippen molar-refractivity contribution in [1.29, 1.82) is 0 Å². The molecule has 3 rings (SSSR count). The predicted molar refractivity (Wildman–Crippen MR) is 76.2 cm³/mol. The van der Waals surface area contributed by atoms with Gasteiger partial charge >= 0.3 is 0 Å². The van der Waals surface area contributed by atoms with Gasteiger partial charge in [-0.15, -0.1) is 11.6 Å². The van der Waals surface area contributed by atoms with E-state index in [0.29, 0.717) is 5.88 Å². The van der Waals surface area contributed by atoms with Crippen LogP contribution < -0.4 is 4.90 Å². The van der Waals surface area contributed by atoms with E-state index in [0.717, 1.165) is 17.5 Å². The maximum absolute atomic E-state index is 6.07. The molecule has 3 heteroatoms. The maximum Gasteiger partial charge on any atom is 0.0509 e. The van der Waals surface area contributed by atoms with Crippen molar-refractivity contribution in [1.82, 2.24) is 4.98 Å². The van der Waals surface area contributed by atoms with Crippen LogP contribution in [0.25, 0.3) is 0 Å². The molecule has 0 amide bonds. The summed E-state index contributed by atoms with van der Waals surface area (Å²) in [6.07, 6.45) is 7.57. The van der Waals surface area contributed by atoms with Crippen LogP contribution >= 0.6 is 11.6 Å². The van der Waals surface area contributed by atoms with Crippen LogP contribution in [0.15, 0.2) is 12.3 Å². The summed E-state index contributed by atoms with van der Waals surface area (Å²) in [5.41, 5.74) is 3.61. The number of alkyl halides is 1. The number of halogens is 1. The zero-order valence-corrected chi connectivity index (χ0v) is 11.8.